The lowest BCUT2D eigenvalue weighted by atomic mass is 10.0. The summed E-state index contributed by atoms with van der Waals surface area (Å²) in [5, 5.41) is 12.0. The Labute approximate surface area is 111 Å². The molecule has 0 aliphatic heterocycles. The van der Waals surface area contributed by atoms with Crippen LogP contribution in [-0.4, -0.2) is 24.4 Å². The molecule has 1 N–H and O–H groups in total. The fourth-order valence-corrected chi connectivity index (χ4v) is 1.86. The Kier molecular flexibility index (Phi) is 4.12. The summed E-state index contributed by atoms with van der Waals surface area (Å²) >= 11 is 5.88. The maximum atomic E-state index is 5.88. The molecule has 2 rings (SSSR count). The molecule has 0 fully saturated rings. The summed E-state index contributed by atoms with van der Waals surface area (Å²) in [6, 6.07) is 11.3. The van der Waals surface area contributed by atoms with E-state index in [0.29, 0.717) is 5.88 Å². The van der Waals surface area contributed by atoms with Gasteiger partial charge in [0.15, 0.2) is 0 Å². The lowest BCUT2D eigenvalue weighted by Crippen LogP contribution is -2.19. The van der Waals surface area contributed by atoms with Crippen molar-refractivity contribution in [1.82, 2.24) is 15.5 Å². The number of hydrogen-bond donors (Lipinski definition) is 1. The van der Waals surface area contributed by atoms with E-state index in [0.717, 1.165) is 16.3 Å². The number of benzene rings is 1. The van der Waals surface area contributed by atoms with Crippen LogP contribution in [0.1, 0.15) is 17.3 Å². The highest BCUT2D eigenvalue weighted by atomic mass is 35.5. The molecule has 1 heterocycles. The molecule has 0 saturated carbocycles. The van der Waals surface area contributed by atoms with Crippen LogP contribution in [0.3, 0.4) is 0 Å². The number of rotatable bonds is 4. The molecule has 0 radical (unpaired) electrons. The number of methoxy groups -OCH3 is 1. The van der Waals surface area contributed by atoms with Crippen LogP contribution in [-0.2, 0) is 0 Å². The average Bonchev–Trinajstić information content (AvgIpc) is 2.42. The molecule has 1 atom stereocenters. The summed E-state index contributed by atoms with van der Waals surface area (Å²) in [5.41, 5.74) is 1.92. The average molecular weight is 264 g/mol. The van der Waals surface area contributed by atoms with Gasteiger partial charge in [0.2, 0.25) is 5.88 Å². The van der Waals surface area contributed by atoms with E-state index < -0.39 is 0 Å². The molecule has 1 aromatic carbocycles. The zero-order valence-corrected chi connectivity index (χ0v) is 11.0. The van der Waals surface area contributed by atoms with Gasteiger partial charge in [0.1, 0.15) is 0 Å². The maximum absolute atomic E-state index is 5.88. The third-order valence-electron chi connectivity index (χ3n) is 2.66. The predicted molar refractivity (Wildman–Crippen MR) is 70.9 cm³/mol. The van der Waals surface area contributed by atoms with Gasteiger partial charge in [-0.15, -0.1) is 10.2 Å². The minimum atomic E-state index is -0.0133. The number of hydrogen-bond acceptors (Lipinski definition) is 4. The fourth-order valence-electron chi connectivity index (χ4n) is 1.73. The van der Waals surface area contributed by atoms with Gasteiger partial charge >= 0.3 is 0 Å². The van der Waals surface area contributed by atoms with Crippen molar-refractivity contribution in [2.75, 3.05) is 14.2 Å². The van der Waals surface area contributed by atoms with E-state index in [4.69, 9.17) is 16.3 Å². The maximum Gasteiger partial charge on any atom is 0.233 e. The van der Waals surface area contributed by atoms with Crippen molar-refractivity contribution >= 4 is 11.6 Å². The molecule has 4 nitrogen and oxygen atoms in total. The molecule has 0 bridgehead atoms. The van der Waals surface area contributed by atoms with Gasteiger partial charge in [0, 0.05) is 11.1 Å². The third kappa shape index (κ3) is 2.78. The quantitative estimate of drug-likeness (QED) is 0.920. The van der Waals surface area contributed by atoms with Gasteiger partial charge in [-0.05, 0) is 30.8 Å². The molecular weight excluding hydrogens is 250 g/mol. The summed E-state index contributed by atoms with van der Waals surface area (Å²) in [6.07, 6.45) is 0. The van der Waals surface area contributed by atoms with Crippen LogP contribution in [0.5, 0.6) is 5.88 Å². The fraction of sp³-hybridized carbons (Fsp3) is 0.231. The second kappa shape index (κ2) is 5.80. The van der Waals surface area contributed by atoms with Crippen molar-refractivity contribution in [2.24, 2.45) is 0 Å². The standard InChI is InChI=1S/C13H14ClN3O/c1-15-13(9-3-5-10(14)6-4-9)11-7-8-12(18-2)17-16-11/h3-8,13,15H,1-2H3. The van der Waals surface area contributed by atoms with Crippen molar-refractivity contribution < 1.29 is 4.74 Å². The number of nitrogens with one attached hydrogen (secondary N) is 1. The molecule has 1 aromatic heterocycles. The first-order chi connectivity index (χ1) is 8.74. The van der Waals surface area contributed by atoms with Crippen molar-refractivity contribution in [3.63, 3.8) is 0 Å². The Bertz CT molecular complexity index is 499. The van der Waals surface area contributed by atoms with E-state index in [1.54, 1.807) is 13.2 Å². The van der Waals surface area contributed by atoms with Crippen LogP contribution in [0.2, 0.25) is 5.02 Å². The molecule has 0 amide bonds. The topological polar surface area (TPSA) is 47.0 Å². The Morgan fingerprint density at radius 3 is 2.33 bits per heavy atom. The van der Waals surface area contributed by atoms with E-state index >= 15 is 0 Å². The lowest BCUT2D eigenvalue weighted by molar-refractivity contribution is 0.390. The van der Waals surface area contributed by atoms with Crippen molar-refractivity contribution in [3.05, 3.63) is 52.7 Å². The normalized spacial score (nSPS) is 12.2. The molecule has 2 aromatic rings. The van der Waals surface area contributed by atoms with Gasteiger partial charge in [-0.2, -0.15) is 0 Å². The number of aromatic nitrogens is 2. The zero-order valence-electron chi connectivity index (χ0n) is 10.2. The first kappa shape index (κ1) is 12.8. The van der Waals surface area contributed by atoms with Gasteiger partial charge in [0.25, 0.3) is 0 Å². The highest BCUT2D eigenvalue weighted by Crippen LogP contribution is 2.22. The van der Waals surface area contributed by atoms with Gasteiger partial charge in [-0.1, -0.05) is 23.7 Å². The molecular formula is C13H14ClN3O. The van der Waals surface area contributed by atoms with Gasteiger partial charge in [0.05, 0.1) is 18.8 Å². The van der Waals surface area contributed by atoms with Gasteiger partial charge in [-0.3, -0.25) is 0 Å². The minimum absolute atomic E-state index is 0.0133. The number of halogens is 1. The lowest BCUT2D eigenvalue weighted by Gasteiger charge is -2.15. The summed E-state index contributed by atoms with van der Waals surface area (Å²) in [7, 11) is 3.45. The molecule has 94 valence electrons. The predicted octanol–water partition coefficient (Wildman–Crippen LogP) is 2.45. The summed E-state index contributed by atoms with van der Waals surface area (Å²) in [5.74, 6) is 0.504. The highest BCUT2D eigenvalue weighted by Gasteiger charge is 2.13. The monoisotopic (exact) mass is 263 g/mol. The Morgan fingerprint density at radius 1 is 1.11 bits per heavy atom. The van der Waals surface area contributed by atoms with Crippen LogP contribution < -0.4 is 10.1 Å². The Morgan fingerprint density at radius 2 is 1.83 bits per heavy atom. The van der Waals surface area contributed by atoms with E-state index in [-0.39, 0.29) is 6.04 Å². The van der Waals surface area contributed by atoms with Crippen LogP contribution >= 0.6 is 11.6 Å². The zero-order chi connectivity index (χ0) is 13.0. The van der Waals surface area contributed by atoms with Gasteiger partial charge < -0.3 is 10.1 Å². The van der Waals surface area contributed by atoms with E-state index in [2.05, 4.69) is 15.5 Å². The number of nitrogens with zero attached hydrogens (tertiary/aromatic N) is 2. The van der Waals surface area contributed by atoms with Crippen LogP contribution in [0.4, 0.5) is 0 Å². The van der Waals surface area contributed by atoms with E-state index in [1.165, 1.54) is 0 Å². The smallest absolute Gasteiger partial charge is 0.233 e. The van der Waals surface area contributed by atoms with E-state index in [9.17, 15) is 0 Å². The highest BCUT2D eigenvalue weighted by molar-refractivity contribution is 6.30. The van der Waals surface area contributed by atoms with Crippen molar-refractivity contribution in [3.8, 4) is 5.88 Å². The minimum Gasteiger partial charge on any atom is -0.480 e. The summed E-state index contributed by atoms with van der Waals surface area (Å²) < 4.78 is 4.99. The molecule has 18 heavy (non-hydrogen) atoms. The SMILES string of the molecule is CNC(c1ccc(Cl)cc1)c1ccc(OC)nn1. The molecule has 5 heteroatoms. The second-order valence-electron chi connectivity index (χ2n) is 3.77. The van der Waals surface area contributed by atoms with Crippen molar-refractivity contribution in [1.29, 1.82) is 0 Å². The molecule has 0 aliphatic rings. The summed E-state index contributed by atoms with van der Waals surface area (Å²) in [4.78, 5) is 0. The first-order valence-electron chi connectivity index (χ1n) is 5.55. The molecule has 0 aliphatic carbocycles. The molecule has 1 unspecified atom stereocenters. The van der Waals surface area contributed by atoms with Crippen LogP contribution in [0.15, 0.2) is 36.4 Å². The second-order valence-corrected chi connectivity index (χ2v) is 4.21. The number of ether oxygens (including phenoxy) is 1. The Balaban J connectivity index is 2.29. The largest absolute Gasteiger partial charge is 0.480 e. The van der Waals surface area contributed by atoms with Crippen LogP contribution in [0.25, 0.3) is 0 Å². The van der Waals surface area contributed by atoms with Crippen LogP contribution in [0, 0.1) is 0 Å². The summed E-state index contributed by atoms with van der Waals surface area (Å²) in [6.45, 7) is 0. The molecule has 0 spiro atoms. The van der Waals surface area contributed by atoms with Crippen molar-refractivity contribution in [2.45, 2.75) is 6.04 Å². The molecule has 0 saturated heterocycles. The van der Waals surface area contributed by atoms with Gasteiger partial charge in [-0.25, -0.2) is 0 Å². The third-order valence-corrected chi connectivity index (χ3v) is 2.91. The van der Waals surface area contributed by atoms with E-state index in [1.807, 2.05) is 37.4 Å². The first-order valence-corrected chi connectivity index (χ1v) is 5.92. The Hall–Kier alpha value is -1.65.